The Kier molecular flexibility index (Phi) is 7.28. The van der Waals surface area contributed by atoms with Gasteiger partial charge >= 0.3 is 0 Å². The number of rotatable bonds is 5. The maximum absolute atomic E-state index is 6.16. The Hall–Kier alpha value is -1.36. The molecule has 0 amide bonds. The zero-order valence-electron chi connectivity index (χ0n) is 13.8. The molecular weight excluding hydrogens is 437 g/mol. The van der Waals surface area contributed by atoms with Gasteiger partial charge in [0, 0.05) is 63.2 Å². The highest BCUT2D eigenvalue weighted by molar-refractivity contribution is 14.0. The van der Waals surface area contributed by atoms with E-state index < -0.39 is 0 Å². The second-order valence-corrected chi connectivity index (χ2v) is 6.69. The van der Waals surface area contributed by atoms with Crippen molar-refractivity contribution in [3.05, 3.63) is 30.0 Å². The number of nitrogens with zero attached hydrogens (tertiary/aromatic N) is 6. The van der Waals surface area contributed by atoms with E-state index in [0.717, 1.165) is 44.4 Å². The number of nitrogens with two attached hydrogens (primary N) is 1. The van der Waals surface area contributed by atoms with Gasteiger partial charge < -0.3 is 15.5 Å². The number of thiazole rings is 1. The number of aromatic nitrogens is 3. The monoisotopic (exact) mass is 461 g/mol. The molecular formula is C15H24IN7S. The van der Waals surface area contributed by atoms with Crippen LogP contribution in [0.25, 0.3) is 0 Å². The van der Waals surface area contributed by atoms with Crippen LogP contribution < -0.4 is 10.6 Å². The molecule has 0 bridgehead atoms. The highest BCUT2D eigenvalue weighted by atomic mass is 127. The van der Waals surface area contributed by atoms with Crippen molar-refractivity contribution in [3.63, 3.8) is 0 Å². The lowest BCUT2D eigenvalue weighted by Gasteiger charge is -2.35. The molecule has 0 aliphatic carbocycles. The number of guanidine groups is 1. The van der Waals surface area contributed by atoms with E-state index in [1.54, 1.807) is 17.5 Å². The first-order valence-electron chi connectivity index (χ1n) is 7.89. The number of hydrogen-bond acceptors (Lipinski definition) is 5. The van der Waals surface area contributed by atoms with E-state index >= 15 is 0 Å². The minimum atomic E-state index is 0. The van der Waals surface area contributed by atoms with Gasteiger partial charge in [-0.05, 0) is 12.0 Å². The number of halogens is 1. The topological polar surface area (TPSA) is 75.6 Å². The van der Waals surface area contributed by atoms with Crippen molar-refractivity contribution < 1.29 is 0 Å². The Balaban J connectivity index is 0.00000208. The maximum Gasteiger partial charge on any atom is 0.191 e. The van der Waals surface area contributed by atoms with Crippen molar-refractivity contribution in [2.45, 2.75) is 13.5 Å². The lowest BCUT2D eigenvalue weighted by molar-refractivity contribution is 0.377. The Morgan fingerprint density at radius 1 is 1.33 bits per heavy atom. The average molecular weight is 461 g/mol. The van der Waals surface area contributed by atoms with Crippen molar-refractivity contribution >= 4 is 46.4 Å². The van der Waals surface area contributed by atoms with Gasteiger partial charge in [0.05, 0.1) is 0 Å². The number of anilines is 1. The van der Waals surface area contributed by atoms with Crippen molar-refractivity contribution in [3.8, 4) is 0 Å². The van der Waals surface area contributed by atoms with Gasteiger partial charge in [0.2, 0.25) is 0 Å². The average Bonchev–Trinajstić information content (AvgIpc) is 3.26. The highest BCUT2D eigenvalue weighted by Gasteiger charge is 2.19. The molecule has 1 aliphatic rings. The van der Waals surface area contributed by atoms with Crippen LogP contribution in [0.4, 0.5) is 5.13 Å². The van der Waals surface area contributed by atoms with Crippen LogP contribution in [-0.4, -0.2) is 58.3 Å². The summed E-state index contributed by atoms with van der Waals surface area (Å²) in [6.07, 6.45) is 5.62. The molecule has 2 N–H and O–H groups in total. The predicted octanol–water partition coefficient (Wildman–Crippen LogP) is 1.73. The van der Waals surface area contributed by atoms with Crippen LogP contribution in [0, 0.1) is 5.92 Å². The molecule has 3 rings (SSSR count). The maximum atomic E-state index is 6.16. The van der Waals surface area contributed by atoms with Crippen LogP contribution in [-0.2, 0) is 6.54 Å². The van der Waals surface area contributed by atoms with E-state index in [4.69, 9.17) is 5.73 Å². The highest BCUT2D eigenvalue weighted by Crippen LogP contribution is 2.18. The summed E-state index contributed by atoms with van der Waals surface area (Å²) >= 11 is 1.68. The molecule has 1 fully saturated rings. The third-order valence-electron chi connectivity index (χ3n) is 3.92. The normalized spacial score (nSPS) is 16.8. The molecule has 2 aromatic heterocycles. The lowest BCUT2D eigenvalue weighted by atomic mass is 10.2. The van der Waals surface area contributed by atoms with Crippen molar-refractivity contribution in [2.24, 2.45) is 16.6 Å². The van der Waals surface area contributed by atoms with Crippen LogP contribution >= 0.6 is 35.3 Å². The van der Waals surface area contributed by atoms with Gasteiger partial charge in [-0.25, -0.2) is 4.98 Å². The SMILES string of the molecule is CC(CN=C(N)N1CCN(c2nccs2)CC1)Cn1cccn1.I. The van der Waals surface area contributed by atoms with Crippen molar-refractivity contribution in [1.82, 2.24) is 19.7 Å². The van der Waals surface area contributed by atoms with E-state index in [2.05, 4.69) is 31.8 Å². The summed E-state index contributed by atoms with van der Waals surface area (Å²) in [7, 11) is 0. The van der Waals surface area contributed by atoms with Crippen LogP contribution in [0.3, 0.4) is 0 Å². The van der Waals surface area contributed by atoms with Crippen molar-refractivity contribution in [1.29, 1.82) is 0 Å². The molecule has 1 aliphatic heterocycles. The zero-order chi connectivity index (χ0) is 16.1. The van der Waals surface area contributed by atoms with Gasteiger partial charge in [0.25, 0.3) is 0 Å². The zero-order valence-corrected chi connectivity index (χ0v) is 16.9. The van der Waals surface area contributed by atoms with Gasteiger partial charge in [0.15, 0.2) is 11.1 Å². The number of hydrogen-bond donors (Lipinski definition) is 1. The van der Waals surface area contributed by atoms with Crippen molar-refractivity contribution in [2.75, 3.05) is 37.6 Å². The molecule has 0 aromatic carbocycles. The minimum absolute atomic E-state index is 0. The van der Waals surface area contributed by atoms with Crippen LogP contribution in [0.2, 0.25) is 0 Å². The van der Waals surface area contributed by atoms with E-state index in [9.17, 15) is 0 Å². The fraction of sp³-hybridized carbons (Fsp3) is 0.533. The predicted molar refractivity (Wildman–Crippen MR) is 109 cm³/mol. The second-order valence-electron chi connectivity index (χ2n) is 5.82. The Morgan fingerprint density at radius 3 is 2.75 bits per heavy atom. The summed E-state index contributed by atoms with van der Waals surface area (Å²) in [5, 5.41) is 7.33. The van der Waals surface area contributed by atoms with E-state index in [1.165, 1.54) is 0 Å². The van der Waals surface area contributed by atoms with Gasteiger partial charge in [0.1, 0.15) is 0 Å². The molecule has 0 spiro atoms. The molecule has 0 radical (unpaired) electrons. The molecule has 132 valence electrons. The van der Waals surface area contributed by atoms with Gasteiger partial charge in [-0.3, -0.25) is 9.67 Å². The summed E-state index contributed by atoms with van der Waals surface area (Å²) in [4.78, 5) is 13.4. The quantitative estimate of drug-likeness (QED) is 0.417. The van der Waals surface area contributed by atoms with Gasteiger partial charge in [-0.2, -0.15) is 5.10 Å². The molecule has 1 saturated heterocycles. The number of piperazine rings is 1. The smallest absolute Gasteiger partial charge is 0.191 e. The molecule has 1 unspecified atom stereocenters. The van der Waals surface area contributed by atoms with E-state index in [1.807, 2.05) is 28.5 Å². The minimum Gasteiger partial charge on any atom is -0.370 e. The third-order valence-corrected chi connectivity index (χ3v) is 4.75. The molecule has 3 heterocycles. The van der Waals surface area contributed by atoms with E-state index in [-0.39, 0.29) is 24.0 Å². The summed E-state index contributed by atoms with van der Waals surface area (Å²) in [6.45, 7) is 7.41. The molecule has 9 heteroatoms. The summed E-state index contributed by atoms with van der Waals surface area (Å²) in [5.74, 6) is 1.06. The summed E-state index contributed by atoms with van der Waals surface area (Å²) in [6, 6.07) is 1.94. The first kappa shape index (κ1) is 19.0. The molecule has 2 aromatic rings. The molecule has 24 heavy (non-hydrogen) atoms. The third kappa shape index (κ3) is 5.07. The van der Waals surface area contributed by atoms with Crippen LogP contribution in [0.15, 0.2) is 35.0 Å². The van der Waals surface area contributed by atoms with Crippen LogP contribution in [0.1, 0.15) is 6.92 Å². The summed E-state index contributed by atoms with van der Waals surface area (Å²) < 4.78 is 1.93. The first-order chi connectivity index (χ1) is 11.2. The van der Waals surface area contributed by atoms with Gasteiger partial charge in [-0.15, -0.1) is 35.3 Å². The van der Waals surface area contributed by atoms with Crippen LogP contribution in [0.5, 0.6) is 0 Å². The fourth-order valence-electron chi connectivity index (χ4n) is 2.63. The molecule has 7 nitrogen and oxygen atoms in total. The van der Waals surface area contributed by atoms with E-state index in [0.29, 0.717) is 11.9 Å². The molecule has 0 saturated carbocycles. The first-order valence-corrected chi connectivity index (χ1v) is 8.77. The fourth-order valence-corrected chi connectivity index (χ4v) is 3.33. The second kappa shape index (κ2) is 9.21. The number of aliphatic imine (C=N–C) groups is 1. The Labute approximate surface area is 163 Å². The Morgan fingerprint density at radius 2 is 2.12 bits per heavy atom. The summed E-state index contributed by atoms with van der Waals surface area (Å²) in [5.41, 5.74) is 6.16. The standard InChI is InChI=1S/C15H23N7S.HI/c1-13(12-22-5-2-3-19-22)11-18-14(16)20-6-8-21(9-7-20)15-17-4-10-23-15;/h2-5,10,13H,6-9,11-12H2,1H3,(H2,16,18);1H. The largest absolute Gasteiger partial charge is 0.370 e. The van der Waals surface area contributed by atoms with Gasteiger partial charge in [-0.1, -0.05) is 6.92 Å². The lowest BCUT2D eigenvalue weighted by Crippen LogP contribution is -2.51. The Bertz CT molecular complexity index is 606. The molecule has 1 atom stereocenters.